The highest BCUT2D eigenvalue weighted by Gasteiger charge is 2.46. The number of hydrogen-bond acceptors (Lipinski definition) is 6. The molecule has 1 rings (SSSR count). The third kappa shape index (κ3) is 2.54. The SMILES string of the molecule is O=C(c1ccccc1[N+](=O)[O-])[P+](O)(O)O. The van der Waals surface area contributed by atoms with Crippen molar-refractivity contribution in [3.8, 4) is 0 Å². The van der Waals surface area contributed by atoms with E-state index in [1.54, 1.807) is 0 Å². The van der Waals surface area contributed by atoms with E-state index < -0.39 is 29.6 Å². The molecule has 0 amide bonds. The van der Waals surface area contributed by atoms with Gasteiger partial charge in [-0.1, -0.05) is 12.1 Å². The van der Waals surface area contributed by atoms with E-state index in [0.29, 0.717) is 0 Å². The molecule has 0 fully saturated rings. The molecule has 0 atom stereocenters. The molecule has 0 saturated carbocycles. The van der Waals surface area contributed by atoms with Crippen LogP contribution in [-0.2, 0) is 0 Å². The first-order valence-corrected chi connectivity index (χ1v) is 5.34. The fourth-order valence-corrected chi connectivity index (χ4v) is 1.49. The van der Waals surface area contributed by atoms with E-state index in [9.17, 15) is 14.9 Å². The molecule has 0 bridgehead atoms. The van der Waals surface area contributed by atoms with Crippen LogP contribution in [0.4, 0.5) is 5.69 Å². The average Bonchev–Trinajstić information content (AvgIpc) is 2.15. The second kappa shape index (κ2) is 4.00. The third-order valence-corrected chi connectivity index (χ3v) is 2.39. The predicted octanol–water partition coefficient (Wildman–Crippen LogP) is 0.474. The van der Waals surface area contributed by atoms with Crippen molar-refractivity contribution in [2.45, 2.75) is 0 Å². The summed E-state index contributed by atoms with van der Waals surface area (Å²) < 4.78 is 0. The van der Waals surface area contributed by atoms with Gasteiger partial charge in [0.25, 0.3) is 5.69 Å². The number of benzene rings is 1. The number of para-hydroxylation sites is 1. The lowest BCUT2D eigenvalue weighted by Crippen LogP contribution is -2.08. The van der Waals surface area contributed by atoms with E-state index in [1.807, 2.05) is 0 Å². The number of rotatable bonds is 3. The summed E-state index contributed by atoms with van der Waals surface area (Å²) in [4.78, 5) is 46.9. The summed E-state index contributed by atoms with van der Waals surface area (Å²) in [5.41, 5.74) is -2.54. The Hall–Kier alpha value is -1.40. The lowest BCUT2D eigenvalue weighted by Gasteiger charge is -2.01. The van der Waals surface area contributed by atoms with E-state index >= 15 is 0 Å². The Labute approximate surface area is 84.3 Å². The number of nitro groups is 1. The molecule has 0 unspecified atom stereocenters. The molecule has 80 valence electrons. The maximum absolute atomic E-state index is 11.2. The fourth-order valence-electron chi connectivity index (χ4n) is 0.975. The average molecular weight is 232 g/mol. The number of carbonyl (C=O) groups is 1. The predicted molar refractivity (Wildman–Crippen MR) is 51.0 cm³/mol. The first kappa shape index (κ1) is 11.7. The van der Waals surface area contributed by atoms with Crippen molar-refractivity contribution in [2.24, 2.45) is 0 Å². The summed E-state index contributed by atoms with van der Waals surface area (Å²) in [5.74, 6) is 0. The van der Waals surface area contributed by atoms with Crippen LogP contribution in [0, 0.1) is 10.1 Å². The molecular weight excluding hydrogens is 225 g/mol. The van der Waals surface area contributed by atoms with Gasteiger partial charge in [-0.25, -0.2) is 4.79 Å². The Morgan fingerprint density at radius 3 is 2.27 bits per heavy atom. The van der Waals surface area contributed by atoms with Gasteiger partial charge in [-0.3, -0.25) is 10.1 Å². The number of nitrogens with zero attached hydrogens (tertiary/aromatic N) is 1. The summed E-state index contributed by atoms with van der Waals surface area (Å²) >= 11 is 0. The minimum absolute atomic E-state index is 0.525. The van der Waals surface area contributed by atoms with Crippen LogP contribution in [0.3, 0.4) is 0 Å². The van der Waals surface area contributed by atoms with Crippen LogP contribution in [0.15, 0.2) is 24.3 Å². The second-order valence-electron chi connectivity index (χ2n) is 2.65. The van der Waals surface area contributed by atoms with E-state index in [2.05, 4.69) is 0 Å². The van der Waals surface area contributed by atoms with Gasteiger partial charge in [0, 0.05) is 6.07 Å². The zero-order chi connectivity index (χ0) is 11.6. The van der Waals surface area contributed by atoms with Crippen molar-refractivity contribution in [3.05, 3.63) is 39.9 Å². The molecule has 0 aliphatic carbocycles. The minimum atomic E-state index is -4.74. The van der Waals surface area contributed by atoms with E-state index in [1.165, 1.54) is 12.1 Å². The lowest BCUT2D eigenvalue weighted by atomic mass is 10.2. The molecule has 0 saturated heterocycles. The van der Waals surface area contributed by atoms with Gasteiger partial charge in [0.15, 0.2) is 0 Å². The summed E-state index contributed by atoms with van der Waals surface area (Å²) in [7, 11) is -4.74. The lowest BCUT2D eigenvalue weighted by molar-refractivity contribution is -0.385. The highest BCUT2D eigenvalue weighted by Crippen LogP contribution is 2.49. The standard InChI is InChI=1S/C7H7NO6P/c9-7(15(12,13)14)5-3-1-2-4-6(5)8(10)11/h1-4,12-14H/q+1. The molecule has 0 heterocycles. The van der Waals surface area contributed by atoms with Crippen LogP contribution in [-0.4, -0.2) is 25.1 Å². The smallest absolute Gasteiger partial charge is 0.258 e. The molecule has 0 aromatic heterocycles. The fraction of sp³-hybridized carbons (Fsp3) is 0. The molecule has 0 spiro atoms. The molecule has 15 heavy (non-hydrogen) atoms. The van der Waals surface area contributed by atoms with Gasteiger partial charge < -0.3 is 0 Å². The molecule has 7 nitrogen and oxygen atoms in total. The number of carbonyl (C=O) groups excluding carboxylic acids is 1. The number of nitro benzene ring substituents is 1. The first-order chi connectivity index (χ1) is 6.84. The van der Waals surface area contributed by atoms with Crippen LogP contribution in [0.1, 0.15) is 10.4 Å². The summed E-state index contributed by atoms with van der Waals surface area (Å²) in [6.45, 7) is 0. The molecule has 1 aromatic carbocycles. The van der Waals surface area contributed by atoms with Gasteiger partial charge in [-0.15, -0.1) is 0 Å². The van der Waals surface area contributed by atoms with Gasteiger partial charge in [-0.2, -0.15) is 14.7 Å². The van der Waals surface area contributed by atoms with E-state index in [0.717, 1.165) is 12.1 Å². The van der Waals surface area contributed by atoms with Crippen molar-refractivity contribution in [2.75, 3.05) is 0 Å². The van der Waals surface area contributed by atoms with Gasteiger partial charge in [-0.05, 0) is 6.07 Å². The van der Waals surface area contributed by atoms with Crippen LogP contribution >= 0.6 is 7.94 Å². The molecule has 3 N–H and O–H groups in total. The van der Waals surface area contributed by atoms with Crippen molar-refractivity contribution in [1.82, 2.24) is 0 Å². The zero-order valence-electron chi connectivity index (χ0n) is 7.27. The topological polar surface area (TPSA) is 121 Å². The molecule has 0 radical (unpaired) electrons. The van der Waals surface area contributed by atoms with Gasteiger partial charge in [0.1, 0.15) is 5.56 Å². The van der Waals surface area contributed by atoms with Crippen LogP contribution in [0.2, 0.25) is 0 Å². The molecule has 1 aromatic rings. The maximum atomic E-state index is 11.2. The Morgan fingerprint density at radius 2 is 1.80 bits per heavy atom. The summed E-state index contributed by atoms with van der Waals surface area (Å²) in [6, 6.07) is 4.71. The van der Waals surface area contributed by atoms with Gasteiger partial charge in [0.2, 0.25) is 0 Å². The zero-order valence-corrected chi connectivity index (χ0v) is 8.16. The van der Waals surface area contributed by atoms with Crippen molar-refractivity contribution in [1.29, 1.82) is 0 Å². The Morgan fingerprint density at radius 1 is 1.27 bits per heavy atom. The Kier molecular flexibility index (Phi) is 3.11. The maximum Gasteiger partial charge on any atom is 0.484 e. The summed E-state index contributed by atoms with van der Waals surface area (Å²) in [5, 5.41) is 10.5. The van der Waals surface area contributed by atoms with E-state index in [4.69, 9.17) is 14.7 Å². The highest BCUT2D eigenvalue weighted by atomic mass is 31.2. The molecule has 8 heteroatoms. The van der Waals surface area contributed by atoms with Crippen molar-refractivity contribution < 1.29 is 24.4 Å². The quantitative estimate of drug-likeness (QED) is 0.395. The minimum Gasteiger partial charge on any atom is -0.258 e. The monoisotopic (exact) mass is 232 g/mol. The van der Waals surface area contributed by atoms with Gasteiger partial charge >= 0.3 is 13.5 Å². The second-order valence-corrected chi connectivity index (χ2v) is 4.19. The summed E-state index contributed by atoms with van der Waals surface area (Å²) in [6.07, 6.45) is 0. The first-order valence-electron chi connectivity index (χ1n) is 3.69. The van der Waals surface area contributed by atoms with Crippen molar-refractivity contribution in [3.63, 3.8) is 0 Å². The molecular formula is C7H7NO6P+. The van der Waals surface area contributed by atoms with Crippen LogP contribution < -0.4 is 0 Å². The van der Waals surface area contributed by atoms with Crippen molar-refractivity contribution >= 4 is 19.2 Å². The van der Waals surface area contributed by atoms with Crippen LogP contribution in [0.5, 0.6) is 0 Å². The third-order valence-electron chi connectivity index (χ3n) is 1.60. The number of hydrogen-bond donors (Lipinski definition) is 3. The Balaban J connectivity index is 3.26. The van der Waals surface area contributed by atoms with Crippen LogP contribution in [0.25, 0.3) is 0 Å². The highest BCUT2D eigenvalue weighted by molar-refractivity contribution is 7.76. The Bertz CT molecular complexity index is 412. The van der Waals surface area contributed by atoms with E-state index in [-0.39, 0.29) is 0 Å². The molecule has 0 aliphatic rings. The molecule has 0 aliphatic heterocycles. The van der Waals surface area contributed by atoms with Gasteiger partial charge in [0.05, 0.1) is 4.92 Å². The normalized spacial score (nSPS) is 11.1. The largest absolute Gasteiger partial charge is 0.484 e.